The molecule has 0 bridgehead atoms. The van der Waals surface area contributed by atoms with E-state index in [1.165, 1.54) is 45.2 Å². The standard InChI is InChI=1S/C32H36N2O3/c35-30-12-13-31-28(29(30)22-33-18-14-26(15-19-33)34-16-5-2-6-17-34)21-32(37-31)25-10-7-11-27(20-25)36-23-24-8-3-1-4-9-24/h1,3-4,7-13,20-21,26,35H,2,5-6,14-19,22-23H2. The number of likely N-dealkylation sites (tertiary alicyclic amines) is 2. The maximum Gasteiger partial charge on any atom is 0.135 e. The Morgan fingerprint density at radius 1 is 0.838 bits per heavy atom. The number of fused-ring (bicyclic) bond motifs is 1. The summed E-state index contributed by atoms with van der Waals surface area (Å²) in [5.41, 5.74) is 3.87. The van der Waals surface area contributed by atoms with E-state index >= 15 is 0 Å². The van der Waals surface area contributed by atoms with Gasteiger partial charge in [-0.25, -0.2) is 0 Å². The van der Waals surface area contributed by atoms with Gasteiger partial charge in [0.1, 0.15) is 29.4 Å². The van der Waals surface area contributed by atoms with Gasteiger partial charge in [-0.1, -0.05) is 48.9 Å². The molecule has 192 valence electrons. The van der Waals surface area contributed by atoms with Crippen LogP contribution in [-0.4, -0.2) is 47.1 Å². The van der Waals surface area contributed by atoms with E-state index in [1.54, 1.807) is 6.07 Å². The fourth-order valence-electron chi connectivity index (χ4n) is 5.90. The van der Waals surface area contributed by atoms with Crippen molar-refractivity contribution in [2.45, 2.75) is 51.3 Å². The summed E-state index contributed by atoms with van der Waals surface area (Å²) in [5, 5.41) is 11.8. The van der Waals surface area contributed by atoms with Crippen LogP contribution in [0, 0.1) is 0 Å². The molecule has 0 aliphatic carbocycles. The number of nitrogens with zero attached hydrogens (tertiary/aromatic N) is 2. The Hall–Kier alpha value is -3.28. The summed E-state index contributed by atoms with van der Waals surface area (Å²) in [4.78, 5) is 5.19. The van der Waals surface area contributed by atoms with E-state index in [-0.39, 0.29) is 0 Å². The molecule has 3 aromatic carbocycles. The minimum Gasteiger partial charge on any atom is -0.508 e. The second-order valence-electron chi connectivity index (χ2n) is 10.5. The van der Waals surface area contributed by atoms with E-state index in [0.717, 1.165) is 64.8 Å². The van der Waals surface area contributed by atoms with Crippen molar-refractivity contribution in [1.29, 1.82) is 0 Å². The molecule has 3 heterocycles. The van der Waals surface area contributed by atoms with Gasteiger partial charge in [-0.15, -0.1) is 0 Å². The van der Waals surface area contributed by atoms with Crippen LogP contribution in [0.4, 0.5) is 0 Å². The van der Waals surface area contributed by atoms with Crippen molar-refractivity contribution in [2.24, 2.45) is 0 Å². The van der Waals surface area contributed by atoms with E-state index in [4.69, 9.17) is 9.15 Å². The first-order valence-electron chi connectivity index (χ1n) is 13.7. The Kier molecular flexibility index (Phi) is 7.16. The highest BCUT2D eigenvalue weighted by Gasteiger charge is 2.26. The number of rotatable bonds is 7. The lowest BCUT2D eigenvalue weighted by Crippen LogP contribution is -2.46. The Labute approximate surface area is 219 Å². The third-order valence-electron chi connectivity index (χ3n) is 8.00. The van der Waals surface area contributed by atoms with Gasteiger partial charge >= 0.3 is 0 Å². The molecule has 5 heteroatoms. The van der Waals surface area contributed by atoms with Crippen molar-refractivity contribution in [3.63, 3.8) is 0 Å². The molecule has 2 aliphatic rings. The van der Waals surface area contributed by atoms with Crippen molar-refractivity contribution < 1.29 is 14.3 Å². The van der Waals surface area contributed by atoms with Crippen molar-refractivity contribution in [3.05, 3.63) is 83.9 Å². The number of piperidine rings is 2. The molecule has 0 saturated carbocycles. The zero-order valence-corrected chi connectivity index (χ0v) is 21.4. The largest absolute Gasteiger partial charge is 0.508 e. The highest BCUT2D eigenvalue weighted by Crippen LogP contribution is 2.36. The van der Waals surface area contributed by atoms with Crippen LogP contribution in [0.25, 0.3) is 22.3 Å². The number of hydrogen-bond acceptors (Lipinski definition) is 5. The first kappa shape index (κ1) is 24.1. The van der Waals surface area contributed by atoms with Crippen LogP contribution in [0.5, 0.6) is 11.5 Å². The molecule has 0 atom stereocenters. The van der Waals surface area contributed by atoms with Gasteiger partial charge in [-0.3, -0.25) is 4.90 Å². The molecule has 0 spiro atoms. The highest BCUT2D eigenvalue weighted by molar-refractivity contribution is 5.87. The van der Waals surface area contributed by atoms with Gasteiger partial charge < -0.3 is 19.2 Å². The lowest BCUT2D eigenvalue weighted by Gasteiger charge is -2.40. The molecule has 2 saturated heterocycles. The zero-order chi connectivity index (χ0) is 25.0. The summed E-state index contributed by atoms with van der Waals surface area (Å²) in [7, 11) is 0. The van der Waals surface area contributed by atoms with E-state index < -0.39 is 0 Å². The third-order valence-corrected chi connectivity index (χ3v) is 8.00. The average molecular weight is 497 g/mol. The van der Waals surface area contributed by atoms with Crippen LogP contribution in [0.15, 0.2) is 77.2 Å². The van der Waals surface area contributed by atoms with Crippen LogP contribution in [0.3, 0.4) is 0 Å². The number of ether oxygens (including phenoxy) is 1. The Morgan fingerprint density at radius 2 is 1.65 bits per heavy atom. The van der Waals surface area contributed by atoms with Crippen molar-refractivity contribution in [1.82, 2.24) is 9.80 Å². The van der Waals surface area contributed by atoms with Gasteiger partial charge in [-0.2, -0.15) is 0 Å². The molecule has 6 rings (SSSR count). The molecule has 1 N–H and O–H groups in total. The smallest absolute Gasteiger partial charge is 0.135 e. The van der Waals surface area contributed by atoms with Crippen molar-refractivity contribution in [3.8, 4) is 22.8 Å². The van der Waals surface area contributed by atoms with Gasteiger partial charge in [0, 0.05) is 29.1 Å². The quantitative estimate of drug-likeness (QED) is 0.304. The third kappa shape index (κ3) is 5.53. The Balaban J connectivity index is 1.16. The van der Waals surface area contributed by atoms with Gasteiger partial charge in [0.2, 0.25) is 0 Å². The van der Waals surface area contributed by atoms with Crippen LogP contribution in [0.1, 0.15) is 43.2 Å². The maximum absolute atomic E-state index is 10.8. The molecule has 37 heavy (non-hydrogen) atoms. The first-order chi connectivity index (χ1) is 18.2. The minimum atomic E-state index is 0.345. The van der Waals surface area contributed by atoms with E-state index in [0.29, 0.717) is 12.4 Å². The van der Waals surface area contributed by atoms with Crippen LogP contribution in [0.2, 0.25) is 0 Å². The monoisotopic (exact) mass is 496 g/mol. The molecule has 2 fully saturated rings. The molecule has 2 aliphatic heterocycles. The van der Waals surface area contributed by atoms with E-state index in [9.17, 15) is 5.11 Å². The molecule has 4 aromatic rings. The number of benzene rings is 3. The second kappa shape index (κ2) is 11.0. The normalized spacial score (nSPS) is 17.8. The summed E-state index contributed by atoms with van der Waals surface area (Å²) in [5.74, 6) is 1.94. The molecular formula is C32H36N2O3. The van der Waals surface area contributed by atoms with Crippen LogP contribution < -0.4 is 4.74 Å². The first-order valence-corrected chi connectivity index (χ1v) is 13.7. The Morgan fingerprint density at radius 3 is 2.46 bits per heavy atom. The number of phenolic OH excluding ortho intramolecular Hbond substituents is 1. The zero-order valence-electron chi connectivity index (χ0n) is 21.4. The van der Waals surface area contributed by atoms with Crippen molar-refractivity contribution in [2.75, 3.05) is 26.2 Å². The summed E-state index contributed by atoms with van der Waals surface area (Å²) < 4.78 is 12.3. The summed E-state index contributed by atoms with van der Waals surface area (Å²) in [6.45, 7) is 5.94. The molecule has 5 nitrogen and oxygen atoms in total. The topological polar surface area (TPSA) is 49.1 Å². The van der Waals surface area contributed by atoms with Gasteiger partial charge in [0.05, 0.1) is 0 Å². The predicted molar refractivity (Wildman–Crippen MR) is 148 cm³/mol. The van der Waals surface area contributed by atoms with Crippen LogP contribution in [-0.2, 0) is 13.2 Å². The molecule has 0 unspecified atom stereocenters. The number of aromatic hydroxyl groups is 1. The molecule has 1 aromatic heterocycles. The van der Waals surface area contributed by atoms with E-state index in [2.05, 4.69) is 28.0 Å². The lowest BCUT2D eigenvalue weighted by atomic mass is 9.99. The fourth-order valence-corrected chi connectivity index (χ4v) is 5.90. The predicted octanol–water partition coefficient (Wildman–Crippen LogP) is 6.83. The number of hydrogen-bond donors (Lipinski definition) is 1. The molecule has 0 amide bonds. The maximum atomic E-state index is 10.8. The summed E-state index contributed by atoms with van der Waals surface area (Å²) in [6.07, 6.45) is 6.50. The second-order valence-corrected chi connectivity index (χ2v) is 10.5. The van der Waals surface area contributed by atoms with Crippen LogP contribution >= 0.6 is 0 Å². The van der Waals surface area contributed by atoms with Gasteiger partial charge in [-0.05, 0) is 87.8 Å². The van der Waals surface area contributed by atoms with Gasteiger partial charge in [0.15, 0.2) is 0 Å². The molecule has 0 radical (unpaired) electrons. The van der Waals surface area contributed by atoms with Gasteiger partial charge in [0.25, 0.3) is 0 Å². The van der Waals surface area contributed by atoms with E-state index in [1.807, 2.05) is 48.5 Å². The Bertz CT molecular complexity index is 1320. The number of furan rings is 1. The average Bonchev–Trinajstić information content (AvgIpc) is 3.40. The summed E-state index contributed by atoms with van der Waals surface area (Å²) in [6, 6.07) is 24.6. The fraction of sp³-hybridized carbons (Fsp3) is 0.375. The SMILES string of the molecule is Oc1ccc2oc(-c3cccc(OCc4ccccc4)c3)cc2c1CN1CCC(N2CCCCC2)CC1. The lowest BCUT2D eigenvalue weighted by molar-refractivity contribution is 0.0895. The minimum absolute atomic E-state index is 0.345. The summed E-state index contributed by atoms with van der Waals surface area (Å²) >= 11 is 0. The van der Waals surface area contributed by atoms with Crippen molar-refractivity contribution >= 4 is 11.0 Å². The molecular weight excluding hydrogens is 460 g/mol. The number of phenols is 1. The highest BCUT2D eigenvalue weighted by atomic mass is 16.5.